The zero-order valence-electron chi connectivity index (χ0n) is 18.1. The van der Waals surface area contributed by atoms with E-state index in [0.717, 1.165) is 18.4 Å². The second-order valence-electron chi connectivity index (χ2n) is 9.32. The van der Waals surface area contributed by atoms with E-state index in [0.29, 0.717) is 18.9 Å². The van der Waals surface area contributed by atoms with Gasteiger partial charge in [0, 0.05) is 12.7 Å². The Kier molecular flexibility index (Phi) is 7.28. The molecule has 1 aliphatic heterocycles. The molecule has 2 heterocycles. The van der Waals surface area contributed by atoms with E-state index in [-0.39, 0.29) is 17.6 Å². The SMILES string of the molecule is CC(C)(C)/C=C/C=C/c1cncc(OC[C@H]2CCCN2C(=O)OC(C)(C)C)c1. The average Bonchev–Trinajstić information content (AvgIpc) is 3.04. The zero-order chi connectivity index (χ0) is 20.8. The number of aromatic nitrogens is 1. The number of hydrogen-bond acceptors (Lipinski definition) is 4. The third-order valence-corrected chi connectivity index (χ3v) is 4.18. The second-order valence-corrected chi connectivity index (χ2v) is 9.32. The number of carbonyl (C=O) groups is 1. The number of rotatable bonds is 5. The van der Waals surface area contributed by atoms with Gasteiger partial charge < -0.3 is 14.4 Å². The van der Waals surface area contributed by atoms with Crippen LogP contribution in [0.3, 0.4) is 0 Å². The van der Waals surface area contributed by atoms with Gasteiger partial charge in [0.2, 0.25) is 0 Å². The molecule has 0 unspecified atom stereocenters. The lowest BCUT2D eigenvalue weighted by molar-refractivity contribution is 0.0187. The van der Waals surface area contributed by atoms with Crippen molar-refractivity contribution in [3.8, 4) is 5.75 Å². The third kappa shape index (κ3) is 7.75. The maximum atomic E-state index is 12.4. The Morgan fingerprint density at radius 1 is 1.21 bits per heavy atom. The average molecular weight is 387 g/mol. The van der Waals surface area contributed by atoms with E-state index in [1.807, 2.05) is 45.1 Å². The third-order valence-electron chi connectivity index (χ3n) is 4.18. The monoisotopic (exact) mass is 386 g/mol. The Balaban J connectivity index is 1.92. The Bertz CT molecular complexity index is 711. The molecule has 1 aliphatic rings. The highest BCUT2D eigenvalue weighted by Gasteiger charge is 2.32. The molecule has 1 aromatic heterocycles. The molecule has 0 saturated carbocycles. The minimum absolute atomic E-state index is 0.0313. The van der Waals surface area contributed by atoms with Gasteiger partial charge in [0.05, 0.1) is 12.2 Å². The Hall–Kier alpha value is -2.30. The molecule has 5 nitrogen and oxygen atoms in total. The van der Waals surface area contributed by atoms with E-state index in [1.165, 1.54) is 0 Å². The van der Waals surface area contributed by atoms with Crippen LogP contribution in [0.2, 0.25) is 0 Å². The first kappa shape index (κ1) is 22.0. The highest BCUT2D eigenvalue weighted by molar-refractivity contribution is 5.69. The number of nitrogens with zero attached hydrogens (tertiary/aromatic N) is 2. The smallest absolute Gasteiger partial charge is 0.410 e. The van der Waals surface area contributed by atoms with E-state index in [1.54, 1.807) is 17.3 Å². The summed E-state index contributed by atoms with van der Waals surface area (Å²) in [6.07, 6.45) is 13.3. The van der Waals surface area contributed by atoms with Gasteiger partial charge >= 0.3 is 6.09 Å². The van der Waals surface area contributed by atoms with Crippen LogP contribution in [-0.4, -0.2) is 40.8 Å². The molecule has 1 saturated heterocycles. The lowest BCUT2D eigenvalue weighted by atomic mass is 9.96. The fraction of sp³-hybridized carbons (Fsp3) is 0.565. The Morgan fingerprint density at radius 2 is 1.96 bits per heavy atom. The summed E-state index contributed by atoms with van der Waals surface area (Å²) in [5.41, 5.74) is 0.651. The minimum Gasteiger partial charge on any atom is -0.490 e. The van der Waals surface area contributed by atoms with Gasteiger partial charge in [-0.3, -0.25) is 4.98 Å². The van der Waals surface area contributed by atoms with E-state index in [9.17, 15) is 4.79 Å². The van der Waals surface area contributed by atoms with E-state index < -0.39 is 5.60 Å². The van der Waals surface area contributed by atoms with Gasteiger partial charge in [-0.2, -0.15) is 0 Å². The van der Waals surface area contributed by atoms with Gasteiger partial charge in [0.15, 0.2) is 0 Å². The fourth-order valence-corrected chi connectivity index (χ4v) is 2.88. The topological polar surface area (TPSA) is 51.7 Å². The summed E-state index contributed by atoms with van der Waals surface area (Å²) in [4.78, 5) is 18.4. The number of likely N-dealkylation sites (tertiary alicyclic amines) is 1. The van der Waals surface area contributed by atoms with Crippen molar-refractivity contribution in [1.82, 2.24) is 9.88 Å². The summed E-state index contributed by atoms with van der Waals surface area (Å²) in [5, 5.41) is 0. The largest absolute Gasteiger partial charge is 0.490 e. The van der Waals surface area contributed by atoms with Gasteiger partial charge in [0.1, 0.15) is 18.0 Å². The van der Waals surface area contributed by atoms with Crippen molar-refractivity contribution in [2.75, 3.05) is 13.2 Å². The minimum atomic E-state index is -0.489. The Morgan fingerprint density at radius 3 is 2.64 bits per heavy atom. The van der Waals surface area contributed by atoms with Crippen LogP contribution in [0.15, 0.2) is 36.7 Å². The molecule has 5 heteroatoms. The number of carbonyl (C=O) groups excluding carboxylic acids is 1. The quantitative estimate of drug-likeness (QED) is 0.629. The number of allylic oxidation sites excluding steroid dienone is 3. The van der Waals surface area contributed by atoms with Crippen LogP contribution in [-0.2, 0) is 4.74 Å². The molecular formula is C23H34N2O3. The molecule has 0 radical (unpaired) electrons. The van der Waals surface area contributed by atoms with Crippen LogP contribution in [0.1, 0.15) is 59.9 Å². The van der Waals surface area contributed by atoms with Crippen molar-refractivity contribution >= 4 is 12.2 Å². The molecule has 0 aliphatic carbocycles. The summed E-state index contributed by atoms with van der Waals surface area (Å²) in [6, 6.07) is 1.99. The molecule has 0 spiro atoms. The molecule has 0 bridgehead atoms. The number of pyridine rings is 1. The molecule has 28 heavy (non-hydrogen) atoms. The first-order valence-corrected chi connectivity index (χ1v) is 9.97. The van der Waals surface area contributed by atoms with E-state index in [4.69, 9.17) is 9.47 Å². The first-order chi connectivity index (χ1) is 13.0. The maximum Gasteiger partial charge on any atom is 0.410 e. The highest BCUT2D eigenvalue weighted by Crippen LogP contribution is 2.22. The molecule has 0 aromatic carbocycles. The van der Waals surface area contributed by atoms with Crippen LogP contribution < -0.4 is 4.74 Å². The predicted octanol–water partition coefficient (Wildman–Crippen LogP) is 5.48. The van der Waals surface area contributed by atoms with Crippen LogP contribution in [0, 0.1) is 5.41 Å². The molecule has 154 valence electrons. The summed E-state index contributed by atoms with van der Waals surface area (Å²) in [5.74, 6) is 0.706. The van der Waals surface area contributed by atoms with Crippen LogP contribution in [0.5, 0.6) is 5.75 Å². The van der Waals surface area contributed by atoms with Crippen molar-refractivity contribution in [2.24, 2.45) is 5.41 Å². The van der Waals surface area contributed by atoms with Gasteiger partial charge in [-0.25, -0.2) is 4.79 Å². The molecule has 1 atom stereocenters. The lowest BCUT2D eigenvalue weighted by Crippen LogP contribution is -2.42. The highest BCUT2D eigenvalue weighted by atomic mass is 16.6. The second kappa shape index (κ2) is 9.26. The van der Waals surface area contributed by atoms with Crippen LogP contribution in [0.25, 0.3) is 6.08 Å². The maximum absolute atomic E-state index is 12.4. The molecular weight excluding hydrogens is 352 g/mol. The number of hydrogen-bond donors (Lipinski definition) is 0. The Labute approximate surface area is 169 Å². The summed E-state index contributed by atoms with van der Waals surface area (Å²) < 4.78 is 11.4. The molecule has 2 rings (SSSR count). The van der Waals surface area contributed by atoms with Crippen LogP contribution in [0.4, 0.5) is 4.79 Å². The van der Waals surface area contributed by atoms with Crippen LogP contribution >= 0.6 is 0 Å². The predicted molar refractivity (Wildman–Crippen MR) is 113 cm³/mol. The summed E-state index contributed by atoms with van der Waals surface area (Å²) >= 11 is 0. The normalized spacial score (nSPS) is 18.2. The van der Waals surface area contributed by atoms with Gasteiger partial charge in [0.25, 0.3) is 0 Å². The molecule has 1 aromatic rings. The van der Waals surface area contributed by atoms with E-state index >= 15 is 0 Å². The molecule has 0 N–H and O–H groups in total. The number of ether oxygens (including phenoxy) is 2. The molecule has 1 fully saturated rings. The van der Waals surface area contributed by atoms with Crippen molar-refractivity contribution in [1.29, 1.82) is 0 Å². The van der Waals surface area contributed by atoms with Crippen molar-refractivity contribution in [3.63, 3.8) is 0 Å². The lowest BCUT2D eigenvalue weighted by Gasteiger charge is -2.28. The molecule has 1 amide bonds. The summed E-state index contributed by atoms with van der Waals surface area (Å²) in [6.45, 7) is 13.3. The van der Waals surface area contributed by atoms with Crippen molar-refractivity contribution < 1.29 is 14.3 Å². The fourth-order valence-electron chi connectivity index (χ4n) is 2.88. The van der Waals surface area contributed by atoms with Crippen molar-refractivity contribution in [3.05, 3.63) is 42.3 Å². The van der Waals surface area contributed by atoms with Gasteiger partial charge in [-0.05, 0) is 50.7 Å². The summed E-state index contributed by atoms with van der Waals surface area (Å²) in [7, 11) is 0. The van der Waals surface area contributed by atoms with Gasteiger partial charge in [-0.1, -0.05) is 45.1 Å². The van der Waals surface area contributed by atoms with E-state index in [2.05, 4.69) is 31.8 Å². The van der Waals surface area contributed by atoms with Crippen molar-refractivity contribution in [2.45, 2.75) is 66.0 Å². The number of amides is 1. The van der Waals surface area contributed by atoms with Gasteiger partial charge in [-0.15, -0.1) is 0 Å². The standard InChI is InChI=1S/C23H34N2O3/c1-22(2,3)12-8-7-10-18-14-20(16-24-15-18)27-17-19-11-9-13-25(19)21(26)28-23(4,5)6/h7-8,10,12,14-16,19H,9,11,13,17H2,1-6H3/b10-7+,12-8+/t19-/m1/s1. The zero-order valence-corrected chi connectivity index (χ0v) is 18.1. The first-order valence-electron chi connectivity index (χ1n) is 9.97.